The van der Waals surface area contributed by atoms with Crippen molar-refractivity contribution < 1.29 is 9.53 Å². The molecule has 25 heavy (non-hydrogen) atoms. The summed E-state index contributed by atoms with van der Waals surface area (Å²) < 4.78 is 7.64. The maximum Gasteiger partial charge on any atom is 0.320 e. The highest BCUT2D eigenvalue weighted by atomic mass is 16.5. The number of carbonyl (C=O) groups is 1. The third-order valence-corrected chi connectivity index (χ3v) is 4.35. The van der Waals surface area contributed by atoms with Crippen LogP contribution in [0.5, 0.6) is 5.75 Å². The third-order valence-electron chi connectivity index (χ3n) is 4.35. The van der Waals surface area contributed by atoms with Crippen LogP contribution in [0.15, 0.2) is 36.8 Å². The van der Waals surface area contributed by atoms with Gasteiger partial charge in [-0.25, -0.2) is 9.48 Å². The lowest BCUT2D eigenvalue weighted by molar-refractivity contribution is 0.211. The number of amides is 2. The van der Waals surface area contributed by atoms with Gasteiger partial charge < -0.3 is 10.1 Å². The predicted octanol–water partition coefficient (Wildman–Crippen LogP) is 3.37. The van der Waals surface area contributed by atoms with Crippen molar-refractivity contribution >= 4 is 11.8 Å². The zero-order valence-electron chi connectivity index (χ0n) is 14.5. The normalized spacial score (nSPS) is 16.2. The van der Waals surface area contributed by atoms with Crippen LogP contribution in [0.4, 0.5) is 10.6 Å². The zero-order chi connectivity index (χ0) is 17.5. The van der Waals surface area contributed by atoms with Crippen molar-refractivity contribution in [2.24, 2.45) is 0 Å². The van der Waals surface area contributed by atoms with Gasteiger partial charge >= 0.3 is 6.03 Å². The number of hydrogen-bond donors (Lipinski definition) is 2. The molecule has 7 nitrogen and oxygen atoms in total. The fourth-order valence-corrected chi connectivity index (χ4v) is 3.12. The highest BCUT2D eigenvalue weighted by Gasteiger charge is 2.19. The van der Waals surface area contributed by atoms with Crippen molar-refractivity contribution in [3.05, 3.63) is 36.8 Å². The molecule has 0 aliphatic heterocycles. The second kappa shape index (κ2) is 8.50. The van der Waals surface area contributed by atoms with E-state index in [1.165, 1.54) is 19.3 Å². The molecule has 2 aromatic heterocycles. The van der Waals surface area contributed by atoms with E-state index in [0.29, 0.717) is 18.3 Å². The summed E-state index contributed by atoms with van der Waals surface area (Å²) in [6.07, 6.45) is 10.9. The van der Waals surface area contributed by atoms with Crippen LogP contribution in [0, 0.1) is 0 Å². The Balaban J connectivity index is 1.47. The van der Waals surface area contributed by atoms with Gasteiger partial charge in [0.2, 0.25) is 0 Å². The molecular formula is C18H25N5O2. The fraction of sp³-hybridized carbons (Fsp3) is 0.500. The molecule has 2 amide bonds. The first kappa shape index (κ1) is 17.3. The summed E-state index contributed by atoms with van der Waals surface area (Å²) in [5.74, 6) is 1.43. The molecule has 2 N–H and O–H groups in total. The van der Waals surface area contributed by atoms with E-state index in [9.17, 15) is 4.79 Å². The van der Waals surface area contributed by atoms with Gasteiger partial charge in [0.05, 0.1) is 25.0 Å². The van der Waals surface area contributed by atoms with E-state index in [2.05, 4.69) is 20.7 Å². The number of carbonyl (C=O) groups excluding carboxylic acids is 1. The standard InChI is InChI=1S/C18H25N5O2/c1-14(25-16-8-5-10-19-13-16)12-20-18(24)22-17-9-11-21-23(17)15-6-3-2-4-7-15/h5,8-11,13-15H,2-4,6-7,12H2,1H3,(H2,20,22,24). The Hall–Kier alpha value is -2.57. The van der Waals surface area contributed by atoms with Crippen LogP contribution in [0.25, 0.3) is 0 Å². The summed E-state index contributed by atoms with van der Waals surface area (Å²) in [6.45, 7) is 2.30. The number of pyridine rings is 1. The topological polar surface area (TPSA) is 81.1 Å². The first-order chi connectivity index (χ1) is 12.2. The lowest BCUT2D eigenvalue weighted by Gasteiger charge is -2.24. The van der Waals surface area contributed by atoms with Gasteiger partial charge in [-0.3, -0.25) is 10.3 Å². The largest absolute Gasteiger partial charge is 0.487 e. The van der Waals surface area contributed by atoms with Crippen LogP contribution >= 0.6 is 0 Å². The summed E-state index contributed by atoms with van der Waals surface area (Å²) in [5.41, 5.74) is 0. The number of nitrogens with one attached hydrogen (secondary N) is 2. The van der Waals surface area contributed by atoms with E-state index >= 15 is 0 Å². The lowest BCUT2D eigenvalue weighted by atomic mass is 9.96. The van der Waals surface area contributed by atoms with Gasteiger partial charge in [-0.2, -0.15) is 5.10 Å². The molecule has 134 valence electrons. The van der Waals surface area contributed by atoms with Crippen molar-refractivity contribution in [2.45, 2.75) is 51.2 Å². The van der Waals surface area contributed by atoms with Gasteiger partial charge in [0, 0.05) is 12.3 Å². The maximum absolute atomic E-state index is 12.2. The van der Waals surface area contributed by atoms with E-state index in [4.69, 9.17) is 4.74 Å². The van der Waals surface area contributed by atoms with Crippen LogP contribution < -0.4 is 15.4 Å². The van der Waals surface area contributed by atoms with E-state index in [1.807, 2.05) is 29.8 Å². The smallest absolute Gasteiger partial charge is 0.320 e. The van der Waals surface area contributed by atoms with Crippen LogP contribution in [0.3, 0.4) is 0 Å². The number of urea groups is 1. The lowest BCUT2D eigenvalue weighted by Crippen LogP contribution is -2.37. The molecule has 0 aromatic carbocycles. The summed E-state index contributed by atoms with van der Waals surface area (Å²) >= 11 is 0. The minimum atomic E-state index is -0.251. The van der Waals surface area contributed by atoms with Gasteiger partial charge in [0.15, 0.2) is 0 Å². The molecule has 0 bridgehead atoms. The van der Waals surface area contributed by atoms with Gasteiger partial charge in [-0.05, 0) is 31.9 Å². The Morgan fingerprint density at radius 1 is 1.32 bits per heavy atom. The summed E-state index contributed by atoms with van der Waals surface area (Å²) in [7, 11) is 0. The molecule has 0 radical (unpaired) electrons. The number of hydrogen-bond acceptors (Lipinski definition) is 4. The molecule has 1 fully saturated rings. The van der Waals surface area contributed by atoms with E-state index in [0.717, 1.165) is 18.7 Å². The second-order valence-electron chi connectivity index (χ2n) is 6.41. The molecule has 0 spiro atoms. The molecule has 1 saturated carbocycles. The summed E-state index contributed by atoms with van der Waals surface area (Å²) in [5, 5.41) is 10.1. The Labute approximate surface area is 147 Å². The van der Waals surface area contributed by atoms with E-state index in [1.54, 1.807) is 18.6 Å². The van der Waals surface area contributed by atoms with Crippen molar-refractivity contribution in [1.82, 2.24) is 20.1 Å². The molecule has 0 saturated heterocycles. The van der Waals surface area contributed by atoms with Crippen molar-refractivity contribution in [3.63, 3.8) is 0 Å². The molecule has 1 aliphatic carbocycles. The van der Waals surface area contributed by atoms with Crippen LogP contribution in [0.2, 0.25) is 0 Å². The molecule has 2 heterocycles. The van der Waals surface area contributed by atoms with Crippen molar-refractivity contribution in [2.75, 3.05) is 11.9 Å². The van der Waals surface area contributed by atoms with Crippen molar-refractivity contribution in [3.8, 4) is 5.75 Å². The molecule has 1 aliphatic rings. The highest BCUT2D eigenvalue weighted by molar-refractivity contribution is 5.88. The quantitative estimate of drug-likeness (QED) is 0.842. The number of rotatable bonds is 6. The van der Waals surface area contributed by atoms with Gasteiger partial charge in [-0.1, -0.05) is 19.3 Å². The van der Waals surface area contributed by atoms with Crippen LogP contribution in [0.1, 0.15) is 45.1 Å². The maximum atomic E-state index is 12.2. The average Bonchev–Trinajstić information content (AvgIpc) is 3.10. The third kappa shape index (κ3) is 4.95. The minimum Gasteiger partial charge on any atom is -0.487 e. The van der Waals surface area contributed by atoms with Crippen LogP contribution in [-0.2, 0) is 0 Å². The van der Waals surface area contributed by atoms with E-state index in [-0.39, 0.29) is 12.1 Å². The zero-order valence-corrected chi connectivity index (χ0v) is 14.5. The molecule has 3 rings (SSSR count). The Bertz CT molecular complexity index is 667. The number of nitrogens with zero attached hydrogens (tertiary/aromatic N) is 3. The Kier molecular flexibility index (Phi) is 5.87. The van der Waals surface area contributed by atoms with Gasteiger partial charge in [-0.15, -0.1) is 0 Å². The van der Waals surface area contributed by atoms with Crippen molar-refractivity contribution in [1.29, 1.82) is 0 Å². The Morgan fingerprint density at radius 3 is 2.92 bits per heavy atom. The first-order valence-electron chi connectivity index (χ1n) is 8.87. The van der Waals surface area contributed by atoms with Gasteiger partial charge in [0.1, 0.15) is 17.7 Å². The SMILES string of the molecule is CC(CNC(=O)Nc1ccnn1C1CCCCC1)Oc1cccnc1. The molecule has 7 heteroatoms. The van der Waals surface area contributed by atoms with Crippen LogP contribution in [-0.4, -0.2) is 33.4 Å². The average molecular weight is 343 g/mol. The first-order valence-corrected chi connectivity index (χ1v) is 8.87. The molecule has 1 unspecified atom stereocenters. The van der Waals surface area contributed by atoms with Gasteiger partial charge in [0.25, 0.3) is 0 Å². The number of aromatic nitrogens is 3. The summed E-state index contributed by atoms with van der Waals surface area (Å²) in [4.78, 5) is 16.2. The summed E-state index contributed by atoms with van der Waals surface area (Å²) in [6, 6.07) is 5.62. The highest BCUT2D eigenvalue weighted by Crippen LogP contribution is 2.29. The predicted molar refractivity (Wildman–Crippen MR) is 95.7 cm³/mol. The monoisotopic (exact) mass is 343 g/mol. The Morgan fingerprint density at radius 2 is 2.16 bits per heavy atom. The minimum absolute atomic E-state index is 0.154. The fourth-order valence-electron chi connectivity index (χ4n) is 3.12. The second-order valence-corrected chi connectivity index (χ2v) is 6.41. The molecule has 1 atom stereocenters. The van der Waals surface area contributed by atoms with E-state index < -0.39 is 0 Å². The number of ether oxygens (including phenoxy) is 1. The molecule has 2 aromatic rings. The molecular weight excluding hydrogens is 318 g/mol. The number of anilines is 1.